The highest BCUT2D eigenvalue weighted by Gasteiger charge is 2.25. The molecule has 1 aromatic rings. The number of aromatic nitrogens is 2. The summed E-state index contributed by atoms with van der Waals surface area (Å²) in [6.45, 7) is 4.14. The van der Waals surface area contributed by atoms with Gasteiger partial charge in [-0.1, -0.05) is 18.5 Å². The van der Waals surface area contributed by atoms with Crippen LogP contribution in [0, 0.1) is 5.92 Å². The highest BCUT2D eigenvalue weighted by molar-refractivity contribution is 4.99. The zero-order valence-electron chi connectivity index (χ0n) is 10.1. The molecule has 0 radical (unpaired) electrons. The standard InChI is InChI=1S/C12H21N3O/c1-3-9-4-6-10(7-5-9)11-14-12(8(2)13)16-15-11/h8-10H,3-7,13H2,1-2H3/t8-,9?,10?/m1/s1. The quantitative estimate of drug-likeness (QED) is 0.855. The first kappa shape index (κ1) is 11.6. The summed E-state index contributed by atoms with van der Waals surface area (Å²) in [5.41, 5.74) is 5.70. The van der Waals surface area contributed by atoms with Crippen LogP contribution in [-0.2, 0) is 0 Å². The van der Waals surface area contributed by atoms with Crippen LogP contribution in [0.3, 0.4) is 0 Å². The minimum absolute atomic E-state index is 0.159. The number of hydrogen-bond acceptors (Lipinski definition) is 4. The minimum atomic E-state index is -0.159. The first-order valence-electron chi connectivity index (χ1n) is 6.29. The molecule has 0 saturated heterocycles. The molecule has 4 heteroatoms. The summed E-state index contributed by atoms with van der Waals surface area (Å²) >= 11 is 0. The van der Waals surface area contributed by atoms with Crippen LogP contribution in [0.2, 0.25) is 0 Å². The van der Waals surface area contributed by atoms with Crippen molar-refractivity contribution in [3.05, 3.63) is 11.7 Å². The van der Waals surface area contributed by atoms with E-state index >= 15 is 0 Å². The molecule has 1 fully saturated rings. The Labute approximate surface area is 96.6 Å². The molecule has 0 amide bonds. The fourth-order valence-corrected chi connectivity index (χ4v) is 2.43. The largest absolute Gasteiger partial charge is 0.338 e. The van der Waals surface area contributed by atoms with Gasteiger partial charge in [-0.3, -0.25) is 0 Å². The van der Waals surface area contributed by atoms with Crippen LogP contribution in [0.15, 0.2) is 4.52 Å². The van der Waals surface area contributed by atoms with Gasteiger partial charge in [0, 0.05) is 5.92 Å². The maximum Gasteiger partial charge on any atom is 0.243 e. The van der Waals surface area contributed by atoms with Crippen molar-refractivity contribution in [2.24, 2.45) is 11.7 Å². The SMILES string of the molecule is CCC1CCC(c2noc([C@@H](C)N)n2)CC1. The van der Waals surface area contributed by atoms with E-state index in [1.807, 2.05) is 6.92 Å². The van der Waals surface area contributed by atoms with Crippen molar-refractivity contribution >= 4 is 0 Å². The summed E-state index contributed by atoms with van der Waals surface area (Å²) in [5, 5.41) is 4.05. The van der Waals surface area contributed by atoms with Crippen molar-refractivity contribution in [1.29, 1.82) is 0 Å². The maximum atomic E-state index is 5.70. The van der Waals surface area contributed by atoms with Gasteiger partial charge >= 0.3 is 0 Å². The molecule has 0 unspecified atom stereocenters. The Hall–Kier alpha value is -0.900. The fraction of sp³-hybridized carbons (Fsp3) is 0.833. The average Bonchev–Trinajstić information content (AvgIpc) is 2.78. The summed E-state index contributed by atoms with van der Waals surface area (Å²) < 4.78 is 5.15. The number of nitrogens with zero attached hydrogens (tertiary/aromatic N) is 2. The zero-order valence-corrected chi connectivity index (χ0v) is 10.1. The van der Waals surface area contributed by atoms with Crippen LogP contribution in [-0.4, -0.2) is 10.1 Å². The molecule has 0 bridgehead atoms. The van der Waals surface area contributed by atoms with Crippen LogP contribution in [0.4, 0.5) is 0 Å². The Balaban J connectivity index is 1.97. The van der Waals surface area contributed by atoms with E-state index in [9.17, 15) is 0 Å². The average molecular weight is 223 g/mol. The van der Waals surface area contributed by atoms with E-state index in [1.54, 1.807) is 0 Å². The van der Waals surface area contributed by atoms with E-state index in [2.05, 4.69) is 17.1 Å². The highest BCUT2D eigenvalue weighted by atomic mass is 16.5. The van der Waals surface area contributed by atoms with Gasteiger partial charge in [0.2, 0.25) is 5.89 Å². The fourth-order valence-electron chi connectivity index (χ4n) is 2.43. The molecule has 90 valence electrons. The molecule has 2 rings (SSSR count). The van der Waals surface area contributed by atoms with E-state index in [1.165, 1.54) is 32.1 Å². The van der Waals surface area contributed by atoms with E-state index in [4.69, 9.17) is 10.3 Å². The lowest BCUT2D eigenvalue weighted by Gasteiger charge is -2.25. The predicted octanol–water partition coefficient (Wildman–Crippen LogP) is 2.77. The van der Waals surface area contributed by atoms with Gasteiger partial charge in [0.05, 0.1) is 6.04 Å². The first-order valence-corrected chi connectivity index (χ1v) is 6.29. The third-order valence-corrected chi connectivity index (χ3v) is 3.64. The molecule has 4 nitrogen and oxygen atoms in total. The monoisotopic (exact) mass is 223 g/mol. The van der Waals surface area contributed by atoms with Gasteiger partial charge in [-0.25, -0.2) is 0 Å². The third-order valence-electron chi connectivity index (χ3n) is 3.64. The Morgan fingerprint density at radius 3 is 2.56 bits per heavy atom. The van der Waals surface area contributed by atoms with Crippen LogP contribution in [0.1, 0.15) is 69.6 Å². The van der Waals surface area contributed by atoms with Crippen molar-refractivity contribution in [1.82, 2.24) is 10.1 Å². The molecule has 1 heterocycles. The van der Waals surface area contributed by atoms with Crippen LogP contribution < -0.4 is 5.73 Å². The van der Waals surface area contributed by atoms with Gasteiger partial charge in [0.1, 0.15) is 0 Å². The summed E-state index contributed by atoms with van der Waals surface area (Å²) in [6.07, 6.45) is 6.27. The highest BCUT2D eigenvalue weighted by Crippen LogP contribution is 2.35. The van der Waals surface area contributed by atoms with Gasteiger partial charge in [-0.2, -0.15) is 4.98 Å². The lowest BCUT2D eigenvalue weighted by atomic mass is 9.80. The lowest BCUT2D eigenvalue weighted by molar-refractivity contribution is 0.302. The molecule has 1 aromatic heterocycles. The van der Waals surface area contributed by atoms with E-state index in [0.29, 0.717) is 11.8 Å². The topological polar surface area (TPSA) is 64.9 Å². The van der Waals surface area contributed by atoms with E-state index < -0.39 is 0 Å². The minimum Gasteiger partial charge on any atom is -0.338 e. The molecule has 1 aliphatic carbocycles. The predicted molar refractivity (Wildman–Crippen MR) is 61.9 cm³/mol. The number of rotatable bonds is 3. The van der Waals surface area contributed by atoms with E-state index in [-0.39, 0.29) is 6.04 Å². The molecule has 1 saturated carbocycles. The summed E-state index contributed by atoms with van der Waals surface area (Å²) in [6, 6.07) is -0.159. The van der Waals surface area contributed by atoms with Crippen molar-refractivity contribution in [2.75, 3.05) is 0 Å². The van der Waals surface area contributed by atoms with Gasteiger partial charge in [0.15, 0.2) is 5.82 Å². The molecule has 1 aliphatic rings. The summed E-state index contributed by atoms with van der Waals surface area (Å²) in [4.78, 5) is 4.38. The second-order valence-electron chi connectivity index (χ2n) is 4.91. The number of hydrogen-bond donors (Lipinski definition) is 1. The van der Waals surface area contributed by atoms with Gasteiger partial charge in [-0.05, 0) is 38.5 Å². The normalized spacial score (nSPS) is 27.9. The van der Waals surface area contributed by atoms with Crippen LogP contribution in [0.25, 0.3) is 0 Å². The van der Waals surface area contributed by atoms with Crippen LogP contribution >= 0.6 is 0 Å². The van der Waals surface area contributed by atoms with Crippen molar-refractivity contribution < 1.29 is 4.52 Å². The lowest BCUT2D eigenvalue weighted by Crippen LogP contribution is -2.14. The smallest absolute Gasteiger partial charge is 0.243 e. The Kier molecular flexibility index (Phi) is 3.59. The summed E-state index contributed by atoms with van der Waals surface area (Å²) in [5.74, 6) is 2.81. The van der Waals surface area contributed by atoms with Gasteiger partial charge < -0.3 is 10.3 Å². The third kappa shape index (κ3) is 2.43. The van der Waals surface area contributed by atoms with Crippen molar-refractivity contribution in [3.8, 4) is 0 Å². The Morgan fingerprint density at radius 2 is 2.06 bits per heavy atom. The van der Waals surface area contributed by atoms with Gasteiger partial charge in [0.25, 0.3) is 0 Å². The summed E-state index contributed by atoms with van der Waals surface area (Å²) in [7, 11) is 0. The first-order chi connectivity index (χ1) is 7.70. The van der Waals surface area contributed by atoms with E-state index in [0.717, 1.165) is 11.7 Å². The Morgan fingerprint density at radius 1 is 1.38 bits per heavy atom. The molecule has 0 aromatic carbocycles. The molecule has 0 spiro atoms. The molecular formula is C12H21N3O. The van der Waals surface area contributed by atoms with Crippen molar-refractivity contribution in [2.45, 2.75) is 57.9 Å². The molecular weight excluding hydrogens is 202 g/mol. The second-order valence-corrected chi connectivity index (χ2v) is 4.91. The maximum absolute atomic E-state index is 5.70. The van der Waals surface area contributed by atoms with Gasteiger partial charge in [-0.15, -0.1) is 0 Å². The molecule has 0 aliphatic heterocycles. The second kappa shape index (κ2) is 4.95. The molecule has 16 heavy (non-hydrogen) atoms. The number of nitrogens with two attached hydrogens (primary N) is 1. The van der Waals surface area contributed by atoms with Crippen LogP contribution in [0.5, 0.6) is 0 Å². The molecule has 2 N–H and O–H groups in total. The zero-order chi connectivity index (χ0) is 11.5. The molecule has 1 atom stereocenters. The van der Waals surface area contributed by atoms with Crippen molar-refractivity contribution in [3.63, 3.8) is 0 Å². The Bertz CT molecular complexity index is 327.